The molecule has 0 radical (unpaired) electrons. The molecule has 0 aliphatic heterocycles. The lowest BCUT2D eigenvalue weighted by Crippen LogP contribution is -2.40. The zero-order valence-corrected chi connectivity index (χ0v) is 19.8. The predicted octanol–water partition coefficient (Wildman–Crippen LogP) is 5.31. The van der Waals surface area contributed by atoms with Crippen LogP contribution in [-0.2, 0) is 23.0 Å². The first-order valence-electron chi connectivity index (χ1n) is 10.6. The zero-order valence-electron chi connectivity index (χ0n) is 18.1. The first-order valence-corrected chi connectivity index (χ1v) is 13.4. The van der Waals surface area contributed by atoms with Crippen LogP contribution in [0.3, 0.4) is 0 Å². The topological polar surface area (TPSA) is 38.3 Å². The van der Waals surface area contributed by atoms with Crippen LogP contribution in [0.25, 0.3) is 0 Å². The van der Waals surface area contributed by atoms with Crippen molar-refractivity contribution in [3.63, 3.8) is 0 Å². The van der Waals surface area contributed by atoms with Crippen LogP contribution in [0.2, 0.25) is 0 Å². The molecule has 0 saturated carbocycles. The number of fused-ring (bicyclic) bond motifs is 1. The van der Waals surface area contributed by atoms with E-state index in [2.05, 4.69) is 72.0 Å². The van der Waals surface area contributed by atoms with Crippen LogP contribution in [0, 0.1) is 0 Å². The number of hydrogen-bond acceptors (Lipinski definition) is 3. The summed E-state index contributed by atoms with van der Waals surface area (Å²) in [5.41, 5.74) is 1.89. The van der Waals surface area contributed by atoms with Crippen LogP contribution in [-0.4, -0.2) is 17.4 Å². The number of rotatable bonds is 4. The average Bonchev–Trinajstić information content (AvgIpc) is 3.12. The molecule has 1 aliphatic rings. The number of hydrogen-bond donors (Lipinski definition) is 1. The minimum absolute atomic E-state index is 0.0669. The lowest BCUT2D eigenvalue weighted by atomic mass is 10.1. The minimum atomic E-state index is -2.25. The second-order valence-corrected chi connectivity index (χ2v) is 13.7. The van der Waals surface area contributed by atoms with Gasteiger partial charge in [-0.25, -0.2) is 4.79 Å². The first-order chi connectivity index (χ1) is 14.8. The number of benzene rings is 3. The second kappa shape index (κ2) is 8.61. The van der Waals surface area contributed by atoms with Crippen LogP contribution in [0.4, 0.5) is 4.79 Å². The maximum absolute atomic E-state index is 12.8. The van der Waals surface area contributed by atoms with Gasteiger partial charge >= 0.3 is 6.09 Å². The molecule has 160 valence electrons. The Kier molecular flexibility index (Phi) is 6.05. The summed E-state index contributed by atoms with van der Waals surface area (Å²) in [7, 11) is 0. The number of alkyl carbamates (subject to hydrolysis) is 1. The fourth-order valence-corrected chi connectivity index (χ4v) is 9.07. The van der Waals surface area contributed by atoms with Gasteiger partial charge in [0.1, 0.15) is 5.60 Å². The van der Waals surface area contributed by atoms with E-state index in [9.17, 15) is 4.79 Å². The summed E-state index contributed by atoms with van der Waals surface area (Å²) in [4.78, 5) is 12.8. The first kappa shape index (κ1) is 21.8. The lowest BCUT2D eigenvalue weighted by Gasteiger charge is -2.34. The minimum Gasteiger partial charge on any atom is -0.444 e. The SMILES string of the molecule is CC(C)(C)OC(=O)N[C@H]1c2ccccc2C[C@@H]1P(=S)(c1ccccc1)c1ccccc1. The molecule has 2 atom stereocenters. The van der Waals surface area contributed by atoms with Gasteiger partial charge in [-0.3, -0.25) is 0 Å². The molecule has 0 spiro atoms. The highest BCUT2D eigenvalue weighted by Gasteiger charge is 2.44. The van der Waals surface area contributed by atoms with Crippen molar-refractivity contribution in [2.45, 2.75) is 44.5 Å². The summed E-state index contributed by atoms with van der Waals surface area (Å²) in [6.45, 7) is 5.64. The van der Waals surface area contributed by atoms with E-state index in [0.717, 1.165) is 12.0 Å². The Bertz CT molecular complexity index is 1070. The molecule has 1 aliphatic carbocycles. The van der Waals surface area contributed by atoms with E-state index in [-0.39, 0.29) is 11.7 Å². The fourth-order valence-electron chi connectivity index (χ4n) is 4.35. The highest BCUT2D eigenvalue weighted by atomic mass is 32.4. The number of nitrogens with one attached hydrogen (secondary N) is 1. The maximum atomic E-state index is 12.8. The molecule has 0 fully saturated rings. The Morgan fingerprint density at radius 2 is 1.42 bits per heavy atom. The highest BCUT2D eigenvalue weighted by molar-refractivity contribution is 8.22. The number of carbonyl (C=O) groups is 1. The largest absolute Gasteiger partial charge is 0.444 e. The van der Waals surface area contributed by atoms with Gasteiger partial charge in [-0.2, -0.15) is 0 Å². The van der Waals surface area contributed by atoms with Crippen molar-refractivity contribution in [2.24, 2.45) is 0 Å². The van der Waals surface area contributed by atoms with E-state index >= 15 is 0 Å². The van der Waals surface area contributed by atoms with Gasteiger partial charge in [0.15, 0.2) is 0 Å². The van der Waals surface area contributed by atoms with Crippen molar-refractivity contribution in [1.29, 1.82) is 0 Å². The molecule has 3 nitrogen and oxygen atoms in total. The summed E-state index contributed by atoms with van der Waals surface area (Å²) < 4.78 is 5.62. The van der Waals surface area contributed by atoms with Gasteiger partial charge in [0, 0.05) is 11.7 Å². The van der Waals surface area contributed by atoms with Crippen molar-refractivity contribution in [3.05, 3.63) is 96.1 Å². The van der Waals surface area contributed by atoms with Gasteiger partial charge < -0.3 is 10.1 Å². The van der Waals surface area contributed by atoms with Crippen molar-refractivity contribution in [3.8, 4) is 0 Å². The Balaban J connectivity index is 1.82. The average molecular weight is 450 g/mol. The molecule has 0 heterocycles. The summed E-state index contributed by atoms with van der Waals surface area (Å²) in [6.07, 6.45) is 0.430. The third-order valence-electron chi connectivity index (χ3n) is 5.62. The zero-order chi connectivity index (χ0) is 22.1. The van der Waals surface area contributed by atoms with Crippen LogP contribution in [0.15, 0.2) is 84.9 Å². The molecule has 31 heavy (non-hydrogen) atoms. The maximum Gasteiger partial charge on any atom is 0.408 e. The van der Waals surface area contributed by atoms with Gasteiger partial charge in [0.05, 0.1) is 6.04 Å². The normalized spacial score (nSPS) is 18.3. The van der Waals surface area contributed by atoms with E-state index in [0.29, 0.717) is 0 Å². The molecule has 5 heteroatoms. The summed E-state index contributed by atoms with van der Waals surface area (Å²) in [5.74, 6) is 0. The summed E-state index contributed by atoms with van der Waals surface area (Å²) >= 11 is 6.60. The van der Waals surface area contributed by atoms with E-state index in [1.165, 1.54) is 16.2 Å². The molecule has 0 unspecified atom stereocenters. The fraction of sp³-hybridized carbons (Fsp3) is 0.269. The van der Waals surface area contributed by atoms with E-state index in [4.69, 9.17) is 16.5 Å². The van der Waals surface area contributed by atoms with Crippen molar-refractivity contribution >= 4 is 34.5 Å². The van der Waals surface area contributed by atoms with Gasteiger partial charge in [0.25, 0.3) is 0 Å². The monoisotopic (exact) mass is 449 g/mol. The molecule has 0 saturated heterocycles. The van der Waals surface area contributed by atoms with Crippen LogP contribution >= 0.6 is 6.04 Å². The number of ether oxygens (including phenoxy) is 1. The number of amides is 1. The summed E-state index contributed by atoms with van der Waals surface area (Å²) in [6, 6.07) is 26.7. The lowest BCUT2D eigenvalue weighted by molar-refractivity contribution is 0.0504. The van der Waals surface area contributed by atoms with Crippen molar-refractivity contribution < 1.29 is 9.53 Å². The molecule has 3 aromatic carbocycles. The Hall–Kier alpha value is -2.42. The van der Waals surface area contributed by atoms with E-state index in [1.807, 2.05) is 39.0 Å². The molecular weight excluding hydrogens is 421 g/mol. The Labute approximate surface area is 189 Å². The number of carbonyl (C=O) groups excluding carboxylic acids is 1. The Morgan fingerprint density at radius 1 is 0.903 bits per heavy atom. The second-order valence-electron chi connectivity index (χ2n) is 8.92. The van der Waals surface area contributed by atoms with E-state index < -0.39 is 17.7 Å². The van der Waals surface area contributed by atoms with Crippen LogP contribution in [0.1, 0.15) is 37.9 Å². The van der Waals surface area contributed by atoms with Crippen LogP contribution in [0.5, 0.6) is 0 Å². The molecular formula is C26H28NO2PS. The molecule has 1 N–H and O–H groups in total. The predicted molar refractivity (Wildman–Crippen MR) is 132 cm³/mol. The van der Waals surface area contributed by atoms with Gasteiger partial charge in [0.2, 0.25) is 0 Å². The van der Waals surface area contributed by atoms with Crippen molar-refractivity contribution in [1.82, 2.24) is 5.32 Å². The molecule has 3 aromatic rings. The van der Waals surface area contributed by atoms with Gasteiger partial charge in [-0.15, -0.1) is 0 Å². The van der Waals surface area contributed by atoms with Gasteiger partial charge in [-0.1, -0.05) is 96.7 Å². The third kappa shape index (κ3) is 4.46. The highest BCUT2D eigenvalue weighted by Crippen LogP contribution is 2.57. The molecule has 1 amide bonds. The molecule has 4 rings (SSSR count). The van der Waals surface area contributed by atoms with Crippen molar-refractivity contribution in [2.75, 3.05) is 0 Å². The Morgan fingerprint density at radius 3 is 1.97 bits per heavy atom. The standard InChI is InChI=1S/C26H28NO2PS/c1-26(2,3)29-25(28)27-24-22-17-11-10-12-19(22)18-23(24)30(31,20-13-6-4-7-14-20)21-15-8-5-9-16-21/h4-17,23-24H,18H2,1-3H3,(H,27,28)/t23-,24-/m0/s1. The summed E-state index contributed by atoms with van der Waals surface area (Å²) in [5, 5.41) is 5.53. The van der Waals surface area contributed by atoms with E-state index in [1.54, 1.807) is 0 Å². The smallest absolute Gasteiger partial charge is 0.408 e. The molecule has 0 aromatic heterocycles. The van der Waals surface area contributed by atoms with Gasteiger partial charge in [-0.05, 0) is 48.9 Å². The third-order valence-corrected chi connectivity index (χ3v) is 11.2. The quantitative estimate of drug-likeness (QED) is 0.549. The van der Waals surface area contributed by atoms with Crippen LogP contribution < -0.4 is 15.9 Å². The molecule has 0 bridgehead atoms.